The zero-order valence-electron chi connectivity index (χ0n) is 15.0. The fourth-order valence-corrected chi connectivity index (χ4v) is 2.00. The first-order valence-electron chi connectivity index (χ1n) is 7.97. The molecular weight excluding hydrogens is 398 g/mol. The number of alkyl halides is 3. The number of carboxylic acid groups (broad SMARTS) is 1. The van der Waals surface area contributed by atoms with Gasteiger partial charge < -0.3 is 9.52 Å². The van der Waals surface area contributed by atoms with Gasteiger partial charge in [0.05, 0.1) is 12.2 Å². The minimum absolute atomic E-state index is 0.299. The standard InChI is InChI=1S/C15H14FN5O.C2HF3O2/c1-21(9-13-8-17-6-7-18-13)10-14-19-20-15(22-14)11-2-4-12(16)5-3-11;3-2(4,5)1(6)7/h2-8H,9-10H2,1H3;(H,6,7). The van der Waals surface area contributed by atoms with Crippen molar-refractivity contribution in [3.8, 4) is 11.5 Å². The van der Waals surface area contributed by atoms with Crippen molar-refractivity contribution in [2.24, 2.45) is 0 Å². The number of nitrogens with zero attached hydrogens (tertiary/aromatic N) is 5. The SMILES string of the molecule is CN(Cc1cnccn1)Cc1nnc(-c2ccc(F)cc2)o1.O=C(O)C(F)(F)F. The second-order valence-corrected chi connectivity index (χ2v) is 5.68. The van der Waals surface area contributed by atoms with Gasteiger partial charge in [-0.3, -0.25) is 14.9 Å². The Balaban J connectivity index is 0.000000370. The van der Waals surface area contributed by atoms with Crippen molar-refractivity contribution in [3.63, 3.8) is 0 Å². The van der Waals surface area contributed by atoms with Crippen molar-refractivity contribution in [2.45, 2.75) is 19.3 Å². The molecule has 0 spiro atoms. The summed E-state index contributed by atoms with van der Waals surface area (Å²) in [5.74, 6) is -2.19. The lowest BCUT2D eigenvalue weighted by molar-refractivity contribution is -0.192. The molecule has 0 aliphatic carbocycles. The van der Waals surface area contributed by atoms with Crippen molar-refractivity contribution in [1.29, 1.82) is 0 Å². The number of carbonyl (C=O) groups is 1. The average Bonchev–Trinajstić information content (AvgIpc) is 3.11. The molecule has 0 saturated heterocycles. The number of benzene rings is 1. The lowest BCUT2D eigenvalue weighted by atomic mass is 10.2. The normalized spacial score (nSPS) is 11.1. The molecule has 154 valence electrons. The Morgan fingerprint density at radius 2 is 1.79 bits per heavy atom. The van der Waals surface area contributed by atoms with Gasteiger partial charge in [-0.25, -0.2) is 9.18 Å². The van der Waals surface area contributed by atoms with Crippen LogP contribution in [0.3, 0.4) is 0 Å². The number of aromatic nitrogens is 4. The predicted octanol–water partition coefficient (Wildman–Crippen LogP) is 2.93. The number of halogens is 4. The molecule has 0 aliphatic rings. The predicted molar refractivity (Wildman–Crippen MR) is 90.6 cm³/mol. The lowest BCUT2D eigenvalue weighted by Gasteiger charge is -2.12. The number of aliphatic carboxylic acids is 1. The van der Waals surface area contributed by atoms with Gasteiger partial charge in [0.2, 0.25) is 11.8 Å². The van der Waals surface area contributed by atoms with E-state index in [1.54, 1.807) is 30.7 Å². The molecule has 2 aromatic heterocycles. The van der Waals surface area contributed by atoms with Crippen LogP contribution in [-0.4, -0.2) is 49.4 Å². The van der Waals surface area contributed by atoms with Crippen LogP contribution in [0.5, 0.6) is 0 Å². The molecule has 29 heavy (non-hydrogen) atoms. The van der Waals surface area contributed by atoms with Crippen molar-refractivity contribution in [1.82, 2.24) is 25.1 Å². The Bertz CT molecular complexity index is 917. The third-order valence-electron chi connectivity index (χ3n) is 3.25. The molecule has 0 saturated carbocycles. The summed E-state index contributed by atoms with van der Waals surface area (Å²) in [7, 11) is 1.93. The third-order valence-corrected chi connectivity index (χ3v) is 3.25. The maximum atomic E-state index is 12.9. The maximum Gasteiger partial charge on any atom is 0.490 e. The molecular formula is C17H15F4N5O3. The minimum atomic E-state index is -5.08. The van der Waals surface area contributed by atoms with E-state index in [2.05, 4.69) is 20.2 Å². The molecule has 2 heterocycles. The molecule has 0 atom stereocenters. The first-order valence-corrected chi connectivity index (χ1v) is 7.97. The Labute approximate surface area is 161 Å². The van der Waals surface area contributed by atoms with Crippen LogP contribution in [0.2, 0.25) is 0 Å². The van der Waals surface area contributed by atoms with Crippen LogP contribution in [0.1, 0.15) is 11.6 Å². The Hall–Kier alpha value is -3.41. The fraction of sp³-hybridized carbons (Fsp3) is 0.235. The van der Waals surface area contributed by atoms with Crippen molar-refractivity contribution >= 4 is 5.97 Å². The summed E-state index contributed by atoms with van der Waals surface area (Å²) in [5.41, 5.74) is 1.56. The maximum absolute atomic E-state index is 12.9. The summed E-state index contributed by atoms with van der Waals surface area (Å²) in [4.78, 5) is 19.1. The molecule has 0 bridgehead atoms. The largest absolute Gasteiger partial charge is 0.490 e. The van der Waals surface area contributed by atoms with Gasteiger partial charge in [-0.2, -0.15) is 13.2 Å². The average molecular weight is 413 g/mol. The van der Waals surface area contributed by atoms with E-state index in [4.69, 9.17) is 14.3 Å². The highest BCUT2D eigenvalue weighted by Gasteiger charge is 2.38. The van der Waals surface area contributed by atoms with Crippen LogP contribution in [-0.2, 0) is 17.9 Å². The second kappa shape index (κ2) is 9.68. The molecule has 0 unspecified atom stereocenters. The smallest absolute Gasteiger partial charge is 0.475 e. The van der Waals surface area contributed by atoms with Crippen molar-refractivity contribution in [2.75, 3.05) is 7.05 Å². The molecule has 0 amide bonds. The number of hydrogen-bond acceptors (Lipinski definition) is 7. The van der Waals surface area contributed by atoms with Gasteiger partial charge >= 0.3 is 12.1 Å². The van der Waals surface area contributed by atoms with Crippen LogP contribution < -0.4 is 0 Å². The van der Waals surface area contributed by atoms with Gasteiger partial charge in [0.15, 0.2) is 0 Å². The molecule has 1 N–H and O–H groups in total. The summed E-state index contributed by atoms with van der Waals surface area (Å²) in [6.07, 6.45) is -0.0761. The van der Waals surface area contributed by atoms with Crippen LogP contribution in [0.4, 0.5) is 17.6 Å². The summed E-state index contributed by atoms with van der Waals surface area (Å²) in [5, 5.41) is 15.1. The van der Waals surface area contributed by atoms with Gasteiger partial charge in [0.25, 0.3) is 0 Å². The Morgan fingerprint density at radius 1 is 1.14 bits per heavy atom. The van der Waals surface area contributed by atoms with Crippen LogP contribution in [0.25, 0.3) is 11.5 Å². The van der Waals surface area contributed by atoms with E-state index >= 15 is 0 Å². The first-order chi connectivity index (χ1) is 13.6. The zero-order chi connectivity index (χ0) is 21.4. The lowest BCUT2D eigenvalue weighted by Crippen LogP contribution is -2.21. The number of hydrogen-bond donors (Lipinski definition) is 1. The van der Waals surface area contributed by atoms with Crippen LogP contribution >= 0.6 is 0 Å². The molecule has 12 heteroatoms. The fourth-order valence-electron chi connectivity index (χ4n) is 2.00. The third kappa shape index (κ3) is 7.25. The van der Waals surface area contributed by atoms with Gasteiger partial charge in [-0.1, -0.05) is 0 Å². The van der Waals surface area contributed by atoms with E-state index in [9.17, 15) is 17.6 Å². The van der Waals surface area contributed by atoms with Gasteiger partial charge in [0.1, 0.15) is 5.82 Å². The topological polar surface area (TPSA) is 105 Å². The molecule has 1 aromatic carbocycles. The molecule has 0 fully saturated rings. The molecule has 0 radical (unpaired) electrons. The summed E-state index contributed by atoms with van der Waals surface area (Å²) in [6, 6.07) is 5.94. The van der Waals surface area contributed by atoms with Crippen molar-refractivity contribution in [3.05, 3.63) is 60.3 Å². The van der Waals surface area contributed by atoms with Crippen LogP contribution in [0.15, 0.2) is 47.3 Å². The zero-order valence-corrected chi connectivity index (χ0v) is 15.0. The molecule has 3 aromatic rings. The van der Waals surface area contributed by atoms with E-state index in [-0.39, 0.29) is 5.82 Å². The van der Waals surface area contributed by atoms with Crippen molar-refractivity contribution < 1.29 is 31.9 Å². The number of carboxylic acids is 1. The van der Waals surface area contributed by atoms with E-state index in [0.717, 1.165) is 5.69 Å². The van der Waals surface area contributed by atoms with E-state index in [1.165, 1.54) is 12.1 Å². The van der Waals surface area contributed by atoms with Gasteiger partial charge in [0, 0.05) is 30.7 Å². The summed E-state index contributed by atoms with van der Waals surface area (Å²) in [6.45, 7) is 1.12. The van der Waals surface area contributed by atoms with E-state index < -0.39 is 12.1 Å². The second-order valence-electron chi connectivity index (χ2n) is 5.68. The quantitative estimate of drug-likeness (QED) is 0.637. The minimum Gasteiger partial charge on any atom is -0.475 e. The Morgan fingerprint density at radius 3 is 2.34 bits per heavy atom. The summed E-state index contributed by atoms with van der Waals surface area (Å²) < 4.78 is 50.2. The van der Waals surface area contributed by atoms with Crippen LogP contribution in [0, 0.1) is 5.82 Å². The van der Waals surface area contributed by atoms with Gasteiger partial charge in [-0.05, 0) is 31.3 Å². The van der Waals surface area contributed by atoms with Gasteiger partial charge in [-0.15, -0.1) is 10.2 Å². The molecule has 8 nitrogen and oxygen atoms in total. The summed E-state index contributed by atoms with van der Waals surface area (Å²) >= 11 is 0. The first kappa shape index (κ1) is 21.9. The highest BCUT2D eigenvalue weighted by molar-refractivity contribution is 5.73. The van der Waals surface area contributed by atoms with E-state index in [0.29, 0.717) is 30.4 Å². The Kier molecular flexibility index (Phi) is 7.31. The molecule has 0 aliphatic heterocycles. The molecule has 3 rings (SSSR count). The highest BCUT2D eigenvalue weighted by atomic mass is 19.4. The monoisotopic (exact) mass is 413 g/mol. The number of rotatable bonds is 5. The highest BCUT2D eigenvalue weighted by Crippen LogP contribution is 2.18. The van der Waals surface area contributed by atoms with E-state index in [1.807, 2.05) is 11.9 Å².